The van der Waals surface area contributed by atoms with E-state index >= 15 is 0 Å². The molecule has 0 radical (unpaired) electrons. The predicted octanol–water partition coefficient (Wildman–Crippen LogP) is 3.04. The van der Waals surface area contributed by atoms with Crippen LogP contribution in [0, 0.1) is 6.92 Å². The first-order valence-electron chi connectivity index (χ1n) is 8.41. The number of pyridine rings is 1. The Labute approximate surface area is 157 Å². The normalized spacial score (nSPS) is 10.1. The first-order chi connectivity index (χ1) is 13.1. The van der Waals surface area contributed by atoms with E-state index in [1.807, 2.05) is 31.2 Å². The van der Waals surface area contributed by atoms with Crippen molar-refractivity contribution in [1.82, 2.24) is 15.8 Å². The summed E-state index contributed by atoms with van der Waals surface area (Å²) in [5, 5.41) is 0. The molecule has 0 aliphatic rings. The van der Waals surface area contributed by atoms with E-state index in [0.29, 0.717) is 23.5 Å². The Morgan fingerprint density at radius 1 is 0.926 bits per heavy atom. The lowest BCUT2D eigenvalue weighted by Gasteiger charge is -2.10. The molecule has 0 atom stereocenters. The van der Waals surface area contributed by atoms with Crippen LogP contribution in [-0.2, 0) is 6.61 Å². The lowest BCUT2D eigenvalue weighted by Crippen LogP contribution is -2.41. The Morgan fingerprint density at radius 2 is 1.67 bits per heavy atom. The SMILES string of the molecule is Cc1ccccc1C(=O)NNC(=O)c1ccc(OCc2cccnc2)cc1. The summed E-state index contributed by atoms with van der Waals surface area (Å²) in [5.41, 5.74) is 7.55. The van der Waals surface area contributed by atoms with Crippen molar-refractivity contribution in [3.05, 3.63) is 95.3 Å². The summed E-state index contributed by atoms with van der Waals surface area (Å²) in [4.78, 5) is 28.3. The number of ether oxygens (including phenoxy) is 1. The molecule has 136 valence electrons. The third-order valence-electron chi connectivity index (χ3n) is 3.92. The van der Waals surface area contributed by atoms with E-state index in [-0.39, 0.29) is 5.91 Å². The monoisotopic (exact) mass is 361 g/mol. The number of aromatic nitrogens is 1. The van der Waals surface area contributed by atoms with Gasteiger partial charge in [-0.25, -0.2) is 0 Å². The molecule has 0 aliphatic carbocycles. The van der Waals surface area contributed by atoms with Gasteiger partial charge in [0.15, 0.2) is 0 Å². The van der Waals surface area contributed by atoms with Crippen molar-refractivity contribution in [1.29, 1.82) is 0 Å². The van der Waals surface area contributed by atoms with E-state index in [0.717, 1.165) is 11.1 Å². The number of nitrogens with one attached hydrogen (secondary N) is 2. The summed E-state index contributed by atoms with van der Waals surface area (Å²) in [7, 11) is 0. The zero-order valence-corrected chi connectivity index (χ0v) is 14.8. The molecular weight excluding hydrogens is 342 g/mol. The highest BCUT2D eigenvalue weighted by molar-refractivity contribution is 5.99. The second kappa shape index (κ2) is 8.62. The van der Waals surface area contributed by atoms with Gasteiger partial charge in [-0.3, -0.25) is 25.4 Å². The first-order valence-corrected chi connectivity index (χ1v) is 8.41. The molecular formula is C21H19N3O3. The van der Waals surface area contributed by atoms with Crippen molar-refractivity contribution >= 4 is 11.8 Å². The van der Waals surface area contributed by atoms with Gasteiger partial charge in [-0.2, -0.15) is 0 Å². The number of hydrogen-bond acceptors (Lipinski definition) is 4. The Balaban J connectivity index is 1.53. The van der Waals surface area contributed by atoms with Crippen LogP contribution in [0.3, 0.4) is 0 Å². The molecule has 2 amide bonds. The largest absolute Gasteiger partial charge is 0.489 e. The molecule has 2 aromatic carbocycles. The molecule has 0 saturated heterocycles. The molecule has 0 fully saturated rings. The number of amides is 2. The van der Waals surface area contributed by atoms with Crippen LogP contribution >= 0.6 is 0 Å². The second-order valence-corrected chi connectivity index (χ2v) is 5.90. The minimum absolute atomic E-state index is 0.363. The smallest absolute Gasteiger partial charge is 0.269 e. The molecule has 3 aromatic rings. The summed E-state index contributed by atoms with van der Waals surface area (Å²) in [6.45, 7) is 2.23. The van der Waals surface area contributed by atoms with Crippen molar-refractivity contribution in [2.45, 2.75) is 13.5 Å². The number of benzene rings is 2. The summed E-state index contributed by atoms with van der Waals surface area (Å²) >= 11 is 0. The fourth-order valence-electron chi connectivity index (χ4n) is 2.43. The standard InChI is InChI=1S/C21H19N3O3/c1-15-5-2-3-7-19(15)21(26)24-23-20(25)17-8-10-18(11-9-17)27-14-16-6-4-12-22-13-16/h2-13H,14H2,1H3,(H,23,25)(H,24,26). The van der Waals surface area contributed by atoms with Gasteiger partial charge in [-0.1, -0.05) is 24.3 Å². The Hall–Kier alpha value is -3.67. The van der Waals surface area contributed by atoms with Gasteiger partial charge in [0.05, 0.1) is 0 Å². The second-order valence-electron chi connectivity index (χ2n) is 5.90. The summed E-state index contributed by atoms with van der Waals surface area (Å²) in [6, 6.07) is 17.6. The van der Waals surface area contributed by atoms with Crippen molar-refractivity contribution in [3.63, 3.8) is 0 Å². The van der Waals surface area contributed by atoms with E-state index in [9.17, 15) is 9.59 Å². The van der Waals surface area contributed by atoms with Gasteiger partial charge in [0.25, 0.3) is 11.8 Å². The van der Waals surface area contributed by atoms with Gasteiger partial charge in [-0.15, -0.1) is 0 Å². The molecule has 6 heteroatoms. The molecule has 0 saturated carbocycles. The topological polar surface area (TPSA) is 80.3 Å². The van der Waals surface area contributed by atoms with E-state index < -0.39 is 5.91 Å². The van der Waals surface area contributed by atoms with Crippen LogP contribution in [0.25, 0.3) is 0 Å². The van der Waals surface area contributed by atoms with Crippen LogP contribution in [0.2, 0.25) is 0 Å². The van der Waals surface area contributed by atoms with Crippen molar-refractivity contribution in [2.24, 2.45) is 0 Å². The van der Waals surface area contributed by atoms with Crippen molar-refractivity contribution in [2.75, 3.05) is 0 Å². The number of nitrogens with zero attached hydrogens (tertiary/aromatic N) is 1. The van der Waals surface area contributed by atoms with Crippen LogP contribution < -0.4 is 15.6 Å². The first kappa shape index (κ1) is 18.1. The van der Waals surface area contributed by atoms with Gasteiger partial charge in [0.2, 0.25) is 0 Å². The average molecular weight is 361 g/mol. The molecule has 27 heavy (non-hydrogen) atoms. The Bertz CT molecular complexity index is 925. The van der Waals surface area contributed by atoms with Gasteiger partial charge in [-0.05, 0) is 48.9 Å². The highest BCUT2D eigenvalue weighted by Gasteiger charge is 2.10. The summed E-state index contributed by atoms with van der Waals surface area (Å²) < 4.78 is 5.65. The minimum atomic E-state index is -0.407. The molecule has 1 heterocycles. The summed E-state index contributed by atoms with van der Waals surface area (Å²) in [5.74, 6) is -0.132. The highest BCUT2D eigenvalue weighted by Crippen LogP contribution is 2.14. The van der Waals surface area contributed by atoms with E-state index in [1.54, 1.807) is 48.8 Å². The quantitative estimate of drug-likeness (QED) is 0.685. The molecule has 3 rings (SSSR count). The van der Waals surface area contributed by atoms with Gasteiger partial charge >= 0.3 is 0 Å². The predicted molar refractivity (Wildman–Crippen MR) is 101 cm³/mol. The maximum atomic E-state index is 12.2. The van der Waals surface area contributed by atoms with Gasteiger partial charge in [0, 0.05) is 29.1 Å². The Morgan fingerprint density at radius 3 is 2.37 bits per heavy atom. The highest BCUT2D eigenvalue weighted by atomic mass is 16.5. The zero-order chi connectivity index (χ0) is 19.1. The van der Waals surface area contributed by atoms with Gasteiger partial charge < -0.3 is 4.74 Å². The number of carbonyl (C=O) groups excluding carboxylic acids is 2. The van der Waals surface area contributed by atoms with Crippen LogP contribution in [0.5, 0.6) is 5.75 Å². The van der Waals surface area contributed by atoms with Crippen molar-refractivity contribution < 1.29 is 14.3 Å². The maximum Gasteiger partial charge on any atom is 0.269 e. The van der Waals surface area contributed by atoms with Crippen LogP contribution in [0.15, 0.2) is 73.1 Å². The zero-order valence-electron chi connectivity index (χ0n) is 14.8. The third kappa shape index (κ3) is 4.92. The Kier molecular flexibility index (Phi) is 5.79. The lowest BCUT2D eigenvalue weighted by atomic mass is 10.1. The number of rotatable bonds is 5. The molecule has 6 nitrogen and oxygen atoms in total. The number of carbonyl (C=O) groups is 2. The molecule has 0 spiro atoms. The fourth-order valence-corrected chi connectivity index (χ4v) is 2.43. The maximum absolute atomic E-state index is 12.2. The van der Waals surface area contributed by atoms with Gasteiger partial charge in [0.1, 0.15) is 12.4 Å². The number of hydrogen-bond donors (Lipinski definition) is 2. The number of aryl methyl sites for hydroxylation is 1. The molecule has 1 aromatic heterocycles. The van der Waals surface area contributed by atoms with E-state index in [4.69, 9.17) is 4.74 Å². The fraction of sp³-hybridized carbons (Fsp3) is 0.0952. The van der Waals surface area contributed by atoms with E-state index in [1.165, 1.54) is 0 Å². The molecule has 2 N–H and O–H groups in total. The van der Waals surface area contributed by atoms with E-state index in [2.05, 4.69) is 15.8 Å². The minimum Gasteiger partial charge on any atom is -0.489 e. The molecule has 0 aliphatic heterocycles. The number of hydrazine groups is 1. The van der Waals surface area contributed by atoms with Crippen LogP contribution in [0.4, 0.5) is 0 Å². The molecule has 0 bridgehead atoms. The van der Waals surface area contributed by atoms with Crippen LogP contribution in [0.1, 0.15) is 31.8 Å². The molecule has 0 unspecified atom stereocenters. The van der Waals surface area contributed by atoms with Crippen LogP contribution in [-0.4, -0.2) is 16.8 Å². The summed E-state index contributed by atoms with van der Waals surface area (Å²) in [6.07, 6.45) is 3.44. The van der Waals surface area contributed by atoms with Crippen molar-refractivity contribution in [3.8, 4) is 5.75 Å². The third-order valence-corrected chi connectivity index (χ3v) is 3.92. The lowest BCUT2D eigenvalue weighted by molar-refractivity contribution is 0.0846. The average Bonchev–Trinajstić information content (AvgIpc) is 2.72.